The van der Waals surface area contributed by atoms with Gasteiger partial charge in [0.25, 0.3) is 5.91 Å². The number of nitrogens with zero attached hydrogens (tertiary/aromatic N) is 2. The maximum Gasteiger partial charge on any atom is 0.422 e. The second-order valence-corrected chi connectivity index (χ2v) is 5.25. The van der Waals surface area contributed by atoms with Crippen molar-refractivity contribution in [1.82, 2.24) is 9.88 Å². The van der Waals surface area contributed by atoms with Crippen LogP contribution >= 0.6 is 0 Å². The number of hydrogen-bond donors (Lipinski definition) is 0. The van der Waals surface area contributed by atoms with Gasteiger partial charge in [0.15, 0.2) is 6.61 Å². The fourth-order valence-corrected chi connectivity index (χ4v) is 2.11. The molecule has 0 spiro atoms. The van der Waals surface area contributed by atoms with Crippen LogP contribution < -0.4 is 4.74 Å². The van der Waals surface area contributed by atoms with E-state index in [0.29, 0.717) is 13.1 Å². The third kappa shape index (κ3) is 5.95. The van der Waals surface area contributed by atoms with Crippen molar-refractivity contribution in [3.8, 4) is 5.88 Å². The van der Waals surface area contributed by atoms with Crippen LogP contribution in [0.15, 0.2) is 61.3 Å². The average molecular weight is 350 g/mol. The van der Waals surface area contributed by atoms with Crippen molar-refractivity contribution in [1.29, 1.82) is 0 Å². The summed E-state index contributed by atoms with van der Waals surface area (Å²) in [4.78, 5) is 17.9. The highest BCUT2D eigenvalue weighted by molar-refractivity contribution is 5.94. The van der Waals surface area contributed by atoms with E-state index in [0.717, 1.165) is 5.56 Å². The smallest absolute Gasteiger partial charge is 0.422 e. The molecule has 2 rings (SSSR count). The number of hydrogen-bond acceptors (Lipinski definition) is 3. The van der Waals surface area contributed by atoms with Crippen LogP contribution in [0.4, 0.5) is 13.2 Å². The van der Waals surface area contributed by atoms with Gasteiger partial charge in [0.1, 0.15) is 0 Å². The Kier molecular flexibility index (Phi) is 6.16. The van der Waals surface area contributed by atoms with E-state index in [1.807, 2.05) is 30.3 Å². The Morgan fingerprint density at radius 2 is 1.92 bits per heavy atom. The second kappa shape index (κ2) is 8.32. The fraction of sp³-hybridized carbons (Fsp3) is 0.222. The molecule has 0 fully saturated rings. The lowest BCUT2D eigenvalue weighted by atomic mass is 10.2. The number of carbonyl (C=O) groups is 1. The third-order valence-electron chi connectivity index (χ3n) is 3.22. The topological polar surface area (TPSA) is 42.4 Å². The Morgan fingerprint density at radius 1 is 1.20 bits per heavy atom. The van der Waals surface area contributed by atoms with E-state index < -0.39 is 12.8 Å². The summed E-state index contributed by atoms with van der Waals surface area (Å²) in [6.45, 7) is 2.94. The molecule has 0 radical (unpaired) electrons. The van der Waals surface area contributed by atoms with Crippen LogP contribution in [0.1, 0.15) is 15.9 Å². The third-order valence-corrected chi connectivity index (χ3v) is 3.22. The highest BCUT2D eigenvalue weighted by Crippen LogP contribution is 2.17. The summed E-state index contributed by atoms with van der Waals surface area (Å²) < 4.78 is 40.9. The lowest BCUT2D eigenvalue weighted by Gasteiger charge is -2.21. The zero-order valence-electron chi connectivity index (χ0n) is 13.4. The van der Waals surface area contributed by atoms with Crippen molar-refractivity contribution in [3.63, 3.8) is 0 Å². The molecule has 4 nitrogen and oxygen atoms in total. The highest BCUT2D eigenvalue weighted by Gasteiger charge is 2.28. The Bertz CT molecular complexity index is 701. The van der Waals surface area contributed by atoms with Crippen molar-refractivity contribution in [3.05, 3.63) is 72.4 Å². The molecule has 0 saturated carbocycles. The first-order chi connectivity index (χ1) is 11.9. The molecule has 1 amide bonds. The molecular weight excluding hydrogens is 333 g/mol. The molecule has 7 heteroatoms. The number of amides is 1. The van der Waals surface area contributed by atoms with E-state index in [-0.39, 0.29) is 17.4 Å². The van der Waals surface area contributed by atoms with Gasteiger partial charge in [-0.05, 0) is 11.6 Å². The molecule has 0 aliphatic carbocycles. The quantitative estimate of drug-likeness (QED) is 0.713. The minimum Gasteiger partial charge on any atom is -0.468 e. The largest absolute Gasteiger partial charge is 0.468 e. The molecule has 0 N–H and O–H groups in total. The molecule has 132 valence electrons. The minimum absolute atomic E-state index is 0.188. The van der Waals surface area contributed by atoms with Crippen molar-refractivity contribution in [2.24, 2.45) is 0 Å². The van der Waals surface area contributed by atoms with E-state index in [1.165, 1.54) is 18.3 Å². The zero-order chi connectivity index (χ0) is 18.3. The van der Waals surface area contributed by atoms with Gasteiger partial charge in [-0.1, -0.05) is 36.4 Å². The van der Waals surface area contributed by atoms with Gasteiger partial charge in [-0.2, -0.15) is 13.2 Å². The highest BCUT2D eigenvalue weighted by atomic mass is 19.4. The summed E-state index contributed by atoms with van der Waals surface area (Å²) in [7, 11) is 0. The summed E-state index contributed by atoms with van der Waals surface area (Å²) in [5.41, 5.74) is 1.22. The predicted molar refractivity (Wildman–Crippen MR) is 87.2 cm³/mol. The maximum absolute atomic E-state index is 12.6. The van der Waals surface area contributed by atoms with Gasteiger partial charge in [0.2, 0.25) is 5.88 Å². The molecule has 0 atom stereocenters. The minimum atomic E-state index is -4.44. The van der Waals surface area contributed by atoms with E-state index in [9.17, 15) is 18.0 Å². The van der Waals surface area contributed by atoms with Crippen molar-refractivity contribution < 1.29 is 22.7 Å². The number of rotatable bonds is 7. The molecule has 0 aliphatic rings. The van der Waals surface area contributed by atoms with Crippen molar-refractivity contribution in [2.45, 2.75) is 12.7 Å². The number of pyridine rings is 1. The monoisotopic (exact) mass is 350 g/mol. The lowest BCUT2D eigenvalue weighted by molar-refractivity contribution is -0.154. The SMILES string of the molecule is C=CCN(Cc1ccccc1)C(=O)c1ccc(OCC(F)(F)F)nc1. The van der Waals surface area contributed by atoms with Crippen molar-refractivity contribution >= 4 is 5.91 Å². The van der Waals surface area contributed by atoms with E-state index in [2.05, 4.69) is 16.3 Å². The molecule has 0 aliphatic heterocycles. The number of halogens is 3. The van der Waals surface area contributed by atoms with Crippen LogP contribution in [0, 0.1) is 0 Å². The molecule has 0 bridgehead atoms. The van der Waals surface area contributed by atoms with Gasteiger partial charge in [-0.3, -0.25) is 4.79 Å². The van der Waals surface area contributed by atoms with Crippen LogP contribution in [0.2, 0.25) is 0 Å². The Labute approximate surface area is 143 Å². The van der Waals surface area contributed by atoms with Gasteiger partial charge < -0.3 is 9.64 Å². The normalized spacial score (nSPS) is 11.0. The molecule has 25 heavy (non-hydrogen) atoms. The average Bonchev–Trinajstić information content (AvgIpc) is 2.60. The number of ether oxygens (including phenoxy) is 1. The van der Waals surface area contributed by atoms with Gasteiger partial charge in [-0.15, -0.1) is 6.58 Å². The van der Waals surface area contributed by atoms with E-state index in [1.54, 1.807) is 11.0 Å². The van der Waals surface area contributed by atoms with Gasteiger partial charge in [0, 0.05) is 25.4 Å². The number of aromatic nitrogens is 1. The Balaban J connectivity index is 2.06. The molecule has 1 heterocycles. The van der Waals surface area contributed by atoms with E-state index in [4.69, 9.17) is 0 Å². The molecule has 1 aromatic carbocycles. The Hall–Kier alpha value is -2.83. The van der Waals surface area contributed by atoms with Crippen LogP contribution in [-0.2, 0) is 6.54 Å². The summed E-state index contributed by atoms with van der Waals surface area (Å²) in [6, 6.07) is 12.1. The second-order valence-electron chi connectivity index (χ2n) is 5.25. The summed E-state index contributed by atoms with van der Waals surface area (Å²) in [5.74, 6) is -0.481. The summed E-state index contributed by atoms with van der Waals surface area (Å²) in [6.07, 6.45) is -1.63. The van der Waals surface area contributed by atoms with Crippen LogP contribution in [0.25, 0.3) is 0 Å². The fourth-order valence-electron chi connectivity index (χ4n) is 2.11. The van der Waals surface area contributed by atoms with Crippen LogP contribution in [0.3, 0.4) is 0 Å². The number of carbonyl (C=O) groups excluding carboxylic acids is 1. The van der Waals surface area contributed by atoms with Gasteiger partial charge in [-0.25, -0.2) is 4.98 Å². The first kappa shape index (κ1) is 18.5. The van der Waals surface area contributed by atoms with Crippen LogP contribution in [-0.4, -0.2) is 35.1 Å². The maximum atomic E-state index is 12.6. The van der Waals surface area contributed by atoms with Gasteiger partial charge in [0.05, 0.1) is 5.56 Å². The predicted octanol–water partition coefficient (Wildman–Crippen LogP) is 3.85. The number of benzene rings is 1. The Morgan fingerprint density at radius 3 is 2.48 bits per heavy atom. The summed E-state index contributed by atoms with van der Waals surface area (Å²) in [5, 5.41) is 0. The van der Waals surface area contributed by atoms with Crippen LogP contribution in [0.5, 0.6) is 5.88 Å². The molecule has 0 unspecified atom stereocenters. The first-order valence-corrected chi connectivity index (χ1v) is 7.49. The van der Waals surface area contributed by atoms with Crippen molar-refractivity contribution in [2.75, 3.05) is 13.2 Å². The van der Waals surface area contributed by atoms with Gasteiger partial charge >= 0.3 is 6.18 Å². The zero-order valence-corrected chi connectivity index (χ0v) is 13.4. The molecule has 0 saturated heterocycles. The standard InChI is InChI=1S/C18H17F3N2O2/c1-2-10-23(12-14-6-4-3-5-7-14)17(24)15-8-9-16(22-11-15)25-13-18(19,20)21/h2-9,11H,1,10,12-13H2. The lowest BCUT2D eigenvalue weighted by Crippen LogP contribution is -2.30. The molecular formula is C18H17F3N2O2. The molecule has 1 aromatic heterocycles. The summed E-state index contributed by atoms with van der Waals surface area (Å²) >= 11 is 0. The van der Waals surface area contributed by atoms with E-state index >= 15 is 0 Å². The first-order valence-electron chi connectivity index (χ1n) is 7.49. The molecule has 2 aromatic rings. The number of alkyl halides is 3.